The van der Waals surface area contributed by atoms with E-state index >= 15 is 0 Å². The second kappa shape index (κ2) is 5.06. The standard InChI is InChI=1S/C14H20N4S/c1-9-3-5-18(7-10(9)2)8-12-16-13(15)11-4-6-19-14(11)17-12/h4,6,9-10H,3,5,7-8H2,1-2H3,(H2,15,16,17). The van der Waals surface area contributed by atoms with Gasteiger partial charge in [-0.2, -0.15) is 0 Å². The minimum Gasteiger partial charge on any atom is -0.383 e. The molecule has 0 bridgehead atoms. The Morgan fingerprint density at radius 1 is 1.37 bits per heavy atom. The Morgan fingerprint density at radius 3 is 3.00 bits per heavy atom. The van der Waals surface area contributed by atoms with E-state index in [-0.39, 0.29) is 0 Å². The lowest BCUT2D eigenvalue weighted by atomic mass is 9.89. The van der Waals surface area contributed by atoms with Gasteiger partial charge in [0.25, 0.3) is 0 Å². The lowest BCUT2D eigenvalue weighted by Gasteiger charge is -2.34. The highest BCUT2D eigenvalue weighted by Crippen LogP contribution is 2.25. The largest absolute Gasteiger partial charge is 0.383 e. The Balaban J connectivity index is 1.78. The first-order valence-corrected chi connectivity index (χ1v) is 7.73. The summed E-state index contributed by atoms with van der Waals surface area (Å²) in [6.07, 6.45) is 1.26. The molecule has 3 heterocycles. The number of nitrogens with two attached hydrogens (primary N) is 1. The molecule has 2 unspecified atom stereocenters. The maximum Gasteiger partial charge on any atom is 0.146 e. The van der Waals surface area contributed by atoms with Gasteiger partial charge in [-0.3, -0.25) is 4.90 Å². The predicted octanol–water partition coefficient (Wildman–Crippen LogP) is 2.75. The summed E-state index contributed by atoms with van der Waals surface area (Å²) in [7, 11) is 0. The van der Waals surface area contributed by atoms with E-state index in [1.165, 1.54) is 6.42 Å². The number of anilines is 1. The van der Waals surface area contributed by atoms with Crippen LogP contribution >= 0.6 is 11.3 Å². The Labute approximate surface area is 117 Å². The zero-order chi connectivity index (χ0) is 13.4. The van der Waals surface area contributed by atoms with Crippen molar-refractivity contribution >= 4 is 27.4 Å². The maximum atomic E-state index is 5.99. The summed E-state index contributed by atoms with van der Waals surface area (Å²) in [5.74, 6) is 3.03. The molecule has 2 aromatic rings. The number of likely N-dealkylation sites (tertiary alicyclic amines) is 1. The predicted molar refractivity (Wildman–Crippen MR) is 80.0 cm³/mol. The molecule has 0 radical (unpaired) electrons. The zero-order valence-corrected chi connectivity index (χ0v) is 12.3. The third-order valence-electron chi connectivity index (χ3n) is 4.18. The van der Waals surface area contributed by atoms with Crippen molar-refractivity contribution in [2.75, 3.05) is 18.8 Å². The van der Waals surface area contributed by atoms with Crippen molar-refractivity contribution < 1.29 is 0 Å². The fourth-order valence-electron chi connectivity index (χ4n) is 2.69. The number of nitrogens with zero attached hydrogens (tertiary/aromatic N) is 3. The average Bonchev–Trinajstić information content (AvgIpc) is 2.82. The highest BCUT2D eigenvalue weighted by molar-refractivity contribution is 7.16. The van der Waals surface area contributed by atoms with Gasteiger partial charge in [0.05, 0.1) is 11.9 Å². The Hall–Kier alpha value is -1.20. The van der Waals surface area contributed by atoms with E-state index in [2.05, 4.69) is 28.7 Å². The molecule has 0 spiro atoms. The minimum absolute atomic E-state index is 0.611. The highest BCUT2D eigenvalue weighted by atomic mass is 32.1. The fourth-order valence-corrected chi connectivity index (χ4v) is 3.48. The third-order valence-corrected chi connectivity index (χ3v) is 4.99. The molecular weight excluding hydrogens is 256 g/mol. The molecule has 2 N–H and O–H groups in total. The van der Waals surface area contributed by atoms with Gasteiger partial charge in [0.1, 0.15) is 16.5 Å². The van der Waals surface area contributed by atoms with E-state index in [0.29, 0.717) is 5.82 Å². The van der Waals surface area contributed by atoms with Crippen LogP contribution < -0.4 is 5.73 Å². The number of fused-ring (bicyclic) bond motifs is 1. The maximum absolute atomic E-state index is 5.99. The van der Waals surface area contributed by atoms with Crippen LogP contribution in [0.5, 0.6) is 0 Å². The number of piperidine rings is 1. The second-order valence-electron chi connectivity index (χ2n) is 5.64. The molecule has 0 amide bonds. The number of thiophene rings is 1. The molecule has 1 saturated heterocycles. The van der Waals surface area contributed by atoms with Crippen LogP contribution in [0.15, 0.2) is 11.4 Å². The van der Waals surface area contributed by atoms with E-state index in [1.54, 1.807) is 11.3 Å². The number of hydrogen-bond donors (Lipinski definition) is 1. The first-order valence-electron chi connectivity index (χ1n) is 6.85. The molecule has 1 aliphatic heterocycles. The summed E-state index contributed by atoms with van der Waals surface area (Å²) >= 11 is 1.63. The number of nitrogen functional groups attached to an aromatic ring is 1. The molecule has 102 valence electrons. The van der Waals surface area contributed by atoms with Gasteiger partial charge in [-0.15, -0.1) is 11.3 Å². The van der Waals surface area contributed by atoms with Crippen LogP contribution in [0.4, 0.5) is 5.82 Å². The minimum atomic E-state index is 0.611. The van der Waals surface area contributed by atoms with Gasteiger partial charge in [-0.25, -0.2) is 9.97 Å². The summed E-state index contributed by atoms with van der Waals surface area (Å²) in [5, 5.41) is 3.00. The average molecular weight is 276 g/mol. The van der Waals surface area contributed by atoms with Crippen molar-refractivity contribution in [3.05, 3.63) is 17.3 Å². The highest BCUT2D eigenvalue weighted by Gasteiger charge is 2.23. The summed E-state index contributed by atoms with van der Waals surface area (Å²) in [6, 6.07) is 1.99. The zero-order valence-electron chi connectivity index (χ0n) is 11.5. The van der Waals surface area contributed by atoms with Gasteiger partial charge in [0.15, 0.2) is 0 Å². The Bertz CT molecular complexity index is 580. The molecule has 19 heavy (non-hydrogen) atoms. The van der Waals surface area contributed by atoms with Crippen molar-refractivity contribution in [3.63, 3.8) is 0 Å². The van der Waals surface area contributed by atoms with Crippen molar-refractivity contribution in [2.45, 2.75) is 26.8 Å². The van der Waals surface area contributed by atoms with Crippen LogP contribution in [0.25, 0.3) is 10.2 Å². The lowest BCUT2D eigenvalue weighted by molar-refractivity contribution is 0.129. The summed E-state index contributed by atoms with van der Waals surface area (Å²) in [4.78, 5) is 12.5. The van der Waals surface area contributed by atoms with Crippen molar-refractivity contribution in [3.8, 4) is 0 Å². The van der Waals surface area contributed by atoms with Crippen LogP contribution in [-0.4, -0.2) is 28.0 Å². The normalized spacial score (nSPS) is 24.9. The van der Waals surface area contributed by atoms with E-state index in [1.807, 2.05) is 11.4 Å². The van der Waals surface area contributed by atoms with E-state index in [0.717, 1.165) is 47.5 Å². The number of aromatic nitrogens is 2. The molecule has 3 rings (SSSR count). The number of rotatable bonds is 2. The molecule has 0 saturated carbocycles. The van der Waals surface area contributed by atoms with Crippen molar-refractivity contribution in [2.24, 2.45) is 11.8 Å². The van der Waals surface area contributed by atoms with E-state index in [4.69, 9.17) is 5.73 Å². The van der Waals surface area contributed by atoms with Crippen LogP contribution in [0, 0.1) is 11.8 Å². The molecule has 1 aliphatic rings. The van der Waals surface area contributed by atoms with Crippen molar-refractivity contribution in [1.82, 2.24) is 14.9 Å². The monoisotopic (exact) mass is 276 g/mol. The Kier molecular flexibility index (Phi) is 3.41. The van der Waals surface area contributed by atoms with Crippen LogP contribution in [0.1, 0.15) is 26.1 Å². The van der Waals surface area contributed by atoms with Gasteiger partial charge < -0.3 is 5.73 Å². The molecule has 5 heteroatoms. The SMILES string of the molecule is CC1CCN(Cc2nc(N)c3ccsc3n2)CC1C. The molecule has 1 fully saturated rings. The quantitative estimate of drug-likeness (QED) is 0.916. The first-order chi connectivity index (χ1) is 9.13. The molecular formula is C14H20N4S. The van der Waals surface area contributed by atoms with Gasteiger partial charge in [0, 0.05) is 6.54 Å². The number of hydrogen-bond acceptors (Lipinski definition) is 5. The van der Waals surface area contributed by atoms with E-state index < -0.39 is 0 Å². The fraction of sp³-hybridized carbons (Fsp3) is 0.571. The van der Waals surface area contributed by atoms with Crippen LogP contribution in [0.3, 0.4) is 0 Å². The molecule has 0 aromatic carbocycles. The molecule has 2 atom stereocenters. The van der Waals surface area contributed by atoms with Gasteiger partial charge in [-0.1, -0.05) is 13.8 Å². The Morgan fingerprint density at radius 2 is 2.21 bits per heavy atom. The van der Waals surface area contributed by atoms with Gasteiger partial charge in [0.2, 0.25) is 0 Å². The van der Waals surface area contributed by atoms with Crippen LogP contribution in [0.2, 0.25) is 0 Å². The molecule has 2 aromatic heterocycles. The summed E-state index contributed by atoms with van der Waals surface area (Å²) < 4.78 is 0. The third kappa shape index (κ3) is 2.58. The summed E-state index contributed by atoms with van der Waals surface area (Å²) in [5.41, 5.74) is 5.99. The van der Waals surface area contributed by atoms with E-state index in [9.17, 15) is 0 Å². The van der Waals surface area contributed by atoms with Gasteiger partial charge >= 0.3 is 0 Å². The van der Waals surface area contributed by atoms with Gasteiger partial charge in [-0.05, 0) is 36.2 Å². The first kappa shape index (κ1) is 12.8. The lowest BCUT2D eigenvalue weighted by Crippen LogP contribution is -2.38. The van der Waals surface area contributed by atoms with Crippen molar-refractivity contribution in [1.29, 1.82) is 0 Å². The summed E-state index contributed by atoms with van der Waals surface area (Å²) in [6.45, 7) is 7.75. The second-order valence-corrected chi connectivity index (χ2v) is 6.54. The smallest absolute Gasteiger partial charge is 0.146 e. The molecule has 0 aliphatic carbocycles. The van der Waals surface area contributed by atoms with Crippen LogP contribution in [-0.2, 0) is 6.54 Å². The topological polar surface area (TPSA) is 55.0 Å². The molecule has 4 nitrogen and oxygen atoms in total.